The zero-order valence-corrected chi connectivity index (χ0v) is 15.8. The van der Waals surface area contributed by atoms with Gasteiger partial charge >= 0.3 is 6.18 Å². The second-order valence-electron chi connectivity index (χ2n) is 5.92. The predicted molar refractivity (Wildman–Crippen MR) is 102 cm³/mol. The number of amides is 2. The molecule has 154 valence electrons. The number of ether oxygens (including phenoxy) is 1. The summed E-state index contributed by atoms with van der Waals surface area (Å²) < 4.78 is 44.3. The Morgan fingerprint density at radius 1 is 0.900 bits per heavy atom. The maximum absolute atomic E-state index is 12.9. The standard InChI is InChI=1S/C20H13ClF3N3O3/c21-17-7-6-13(10-16(17)20(22,23)24)19(29)27-26-18(28)12-3-1-4-14(9-12)30-15-5-2-8-25-11-15/h1-11H,(H,26,28)(H,27,29). The van der Waals surface area contributed by atoms with Gasteiger partial charge in [0.15, 0.2) is 0 Å². The molecule has 30 heavy (non-hydrogen) atoms. The van der Waals surface area contributed by atoms with E-state index in [0.717, 1.165) is 12.1 Å². The molecule has 1 aromatic heterocycles. The Morgan fingerprint density at radius 2 is 1.57 bits per heavy atom. The number of aromatic nitrogens is 1. The number of hydrazine groups is 1. The highest BCUT2D eigenvalue weighted by atomic mass is 35.5. The van der Waals surface area contributed by atoms with Crippen molar-refractivity contribution >= 4 is 23.4 Å². The molecule has 6 nitrogen and oxygen atoms in total. The number of rotatable bonds is 4. The maximum atomic E-state index is 12.9. The minimum Gasteiger partial charge on any atom is -0.456 e. The van der Waals surface area contributed by atoms with Crippen molar-refractivity contribution in [1.82, 2.24) is 15.8 Å². The molecule has 3 rings (SSSR count). The first-order valence-electron chi connectivity index (χ1n) is 8.39. The normalized spacial score (nSPS) is 10.9. The highest BCUT2D eigenvalue weighted by Gasteiger charge is 2.33. The Labute approximate surface area is 173 Å². The Balaban J connectivity index is 1.66. The predicted octanol–water partition coefficient (Wildman–Crippen LogP) is 4.62. The summed E-state index contributed by atoms with van der Waals surface area (Å²) in [7, 11) is 0. The lowest BCUT2D eigenvalue weighted by Gasteiger charge is -2.12. The lowest BCUT2D eigenvalue weighted by molar-refractivity contribution is -0.137. The van der Waals surface area contributed by atoms with Crippen LogP contribution in [0.1, 0.15) is 26.3 Å². The lowest BCUT2D eigenvalue weighted by atomic mass is 10.1. The Morgan fingerprint density at radius 3 is 2.20 bits per heavy atom. The van der Waals surface area contributed by atoms with Gasteiger partial charge in [-0.05, 0) is 48.5 Å². The zero-order chi connectivity index (χ0) is 21.7. The molecule has 0 radical (unpaired) electrons. The van der Waals surface area contributed by atoms with Gasteiger partial charge in [0, 0.05) is 17.3 Å². The van der Waals surface area contributed by atoms with Crippen molar-refractivity contribution in [1.29, 1.82) is 0 Å². The van der Waals surface area contributed by atoms with Crippen LogP contribution in [-0.4, -0.2) is 16.8 Å². The minimum absolute atomic E-state index is 0.156. The van der Waals surface area contributed by atoms with E-state index in [-0.39, 0.29) is 11.1 Å². The van der Waals surface area contributed by atoms with Crippen molar-refractivity contribution < 1.29 is 27.5 Å². The van der Waals surface area contributed by atoms with Crippen LogP contribution in [0.5, 0.6) is 11.5 Å². The minimum atomic E-state index is -4.72. The molecular weight excluding hydrogens is 423 g/mol. The molecule has 0 atom stereocenters. The number of nitrogens with one attached hydrogen (secondary N) is 2. The van der Waals surface area contributed by atoms with Gasteiger partial charge in [-0.15, -0.1) is 0 Å². The average molecular weight is 436 g/mol. The number of hydrogen-bond donors (Lipinski definition) is 2. The van der Waals surface area contributed by atoms with E-state index in [0.29, 0.717) is 17.6 Å². The summed E-state index contributed by atoms with van der Waals surface area (Å²) in [6.07, 6.45) is -1.64. The molecule has 2 amide bonds. The van der Waals surface area contributed by atoms with Crippen LogP contribution in [0.3, 0.4) is 0 Å². The fourth-order valence-electron chi connectivity index (χ4n) is 2.39. The molecule has 0 bridgehead atoms. The van der Waals surface area contributed by atoms with Gasteiger partial charge in [-0.25, -0.2) is 0 Å². The number of hydrogen-bond acceptors (Lipinski definition) is 4. The number of pyridine rings is 1. The number of halogens is 4. The van der Waals surface area contributed by atoms with Gasteiger partial charge in [0.25, 0.3) is 11.8 Å². The third-order valence-corrected chi connectivity index (χ3v) is 4.12. The van der Waals surface area contributed by atoms with E-state index < -0.39 is 28.6 Å². The monoisotopic (exact) mass is 435 g/mol. The zero-order valence-electron chi connectivity index (χ0n) is 15.0. The summed E-state index contributed by atoms with van der Waals surface area (Å²) in [6.45, 7) is 0. The van der Waals surface area contributed by atoms with Crippen molar-refractivity contribution in [3.05, 3.63) is 88.7 Å². The van der Waals surface area contributed by atoms with Crippen LogP contribution < -0.4 is 15.6 Å². The second kappa shape index (κ2) is 8.83. The Kier molecular flexibility index (Phi) is 6.22. The molecular formula is C20H13ClF3N3O3. The van der Waals surface area contributed by atoms with Crippen LogP contribution in [0.25, 0.3) is 0 Å². The highest BCUT2D eigenvalue weighted by molar-refractivity contribution is 6.31. The number of benzene rings is 2. The van der Waals surface area contributed by atoms with E-state index in [1.54, 1.807) is 30.5 Å². The van der Waals surface area contributed by atoms with Crippen molar-refractivity contribution in [3.8, 4) is 11.5 Å². The summed E-state index contributed by atoms with van der Waals surface area (Å²) in [5.41, 5.74) is 2.89. The van der Waals surface area contributed by atoms with E-state index in [4.69, 9.17) is 16.3 Å². The van der Waals surface area contributed by atoms with Crippen molar-refractivity contribution in [2.75, 3.05) is 0 Å². The fourth-order valence-corrected chi connectivity index (χ4v) is 2.61. The molecule has 0 saturated carbocycles. The summed E-state index contributed by atoms with van der Waals surface area (Å²) in [5, 5.41) is -0.534. The molecule has 0 aliphatic rings. The molecule has 2 aromatic carbocycles. The average Bonchev–Trinajstić information content (AvgIpc) is 2.72. The van der Waals surface area contributed by atoms with Crippen LogP contribution in [0, 0.1) is 0 Å². The molecule has 0 aliphatic heterocycles. The number of carbonyl (C=O) groups excluding carboxylic acids is 2. The van der Waals surface area contributed by atoms with Gasteiger partial charge in [-0.3, -0.25) is 25.4 Å². The van der Waals surface area contributed by atoms with Gasteiger partial charge in [0.2, 0.25) is 0 Å². The smallest absolute Gasteiger partial charge is 0.417 e. The van der Waals surface area contributed by atoms with Crippen LogP contribution in [0.4, 0.5) is 13.2 Å². The van der Waals surface area contributed by atoms with Crippen LogP contribution in [0.15, 0.2) is 67.0 Å². The highest BCUT2D eigenvalue weighted by Crippen LogP contribution is 2.35. The van der Waals surface area contributed by atoms with E-state index >= 15 is 0 Å². The van der Waals surface area contributed by atoms with E-state index in [2.05, 4.69) is 15.8 Å². The molecule has 1 heterocycles. The van der Waals surface area contributed by atoms with Crippen LogP contribution in [0.2, 0.25) is 5.02 Å². The fraction of sp³-hybridized carbons (Fsp3) is 0.0500. The maximum Gasteiger partial charge on any atom is 0.417 e. The number of carbonyl (C=O) groups is 2. The summed E-state index contributed by atoms with van der Waals surface area (Å²) in [6, 6.07) is 12.1. The summed E-state index contributed by atoms with van der Waals surface area (Å²) in [4.78, 5) is 28.3. The summed E-state index contributed by atoms with van der Waals surface area (Å²) in [5.74, 6) is -0.806. The lowest BCUT2D eigenvalue weighted by Crippen LogP contribution is -2.41. The van der Waals surface area contributed by atoms with Gasteiger partial charge < -0.3 is 4.74 Å². The first kappa shape index (κ1) is 21.1. The molecule has 3 aromatic rings. The van der Waals surface area contributed by atoms with Gasteiger partial charge in [-0.1, -0.05) is 17.7 Å². The van der Waals surface area contributed by atoms with E-state index in [9.17, 15) is 22.8 Å². The first-order chi connectivity index (χ1) is 14.2. The molecule has 0 fully saturated rings. The molecule has 10 heteroatoms. The number of alkyl halides is 3. The van der Waals surface area contributed by atoms with Crippen LogP contribution in [-0.2, 0) is 6.18 Å². The molecule has 0 unspecified atom stereocenters. The Bertz CT molecular complexity index is 1080. The van der Waals surface area contributed by atoms with E-state index in [1.165, 1.54) is 18.3 Å². The second-order valence-corrected chi connectivity index (χ2v) is 6.33. The molecule has 0 saturated heterocycles. The summed E-state index contributed by atoms with van der Waals surface area (Å²) >= 11 is 5.53. The Hall–Kier alpha value is -3.59. The first-order valence-corrected chi connectivity index (χ1v) is 8.77. The van der Waals surface area contributed by atoms with Gasteiger partial charge in [0.1, 0.15) is 11.5 Å². The third kappa shape index (κ3) is 5.26. The topological polar surface area (TPSA) is 80.3 Å². The van der Waals surface area contributed by atoms with Crippen LogP contribution >= 0.6 is 11.6 Å². The third-order valence-electron chi connectivity index (χ3n) is 3.79. The largest absolute Gasteiger partial charge is 0.456 e. The quantitative estimate of drug-likeness (QED) is 0.586. The molecule has 0 aliphatic carbocycles. The molecule has 0 spiro atoms. The SMILES string of the molecule is O=C(NNC(=O)c1ccc(Cl)c(C(F)(F)F)c1)c1cccc(Oc2cccnc2)c1. The van der Waals surface area contributed by atoms with Crippen molar-refractivity contribution in [2.24, 2.45) is 0 Å². The van der Waals surface area contributed by atoms with E-state index in [1.807, 2.05) is 0 Å². The van der Waals surface area contributed by atoms with Crippen molar-refractivity contribution in [2.45, 2.75) is 6.18 Å². The number of nitrogens with zero attached hydrogens (tertiary/aromatic N) is 1. The van der Waals surface area contributed by atoms with Gasteiger partial charge in [0.05, 0.1) is 16.8 Å². The van der Waals surface area contributed by atoms with Crippen molar-refractivity contribution in [3.63, 3.8) is 0 Å². The van der Waals surface area contributed by atoms with Gasteiger partial charge in [-0.2, -0.15) is 13.2 Å². The molecule has 2 N–H and O–H groups in total.